The van der Waals surface area contributed by atoms with Crippen LogP contribution in [-0.4, -0.2) is 44.8 Å². The molecule has 0 aromatic heterocycles. The molecule has 1 N–H and O–H groups in total. The highest BCUT2D eigenvalue weighted by Gasteiger charge is 2.24. The highest BCUT2D eigenvalue weighted by molar-refractivity contribution is 7.89. The lowest BCUT2D eigenvalue weighted by molar-refractivity contribution is -0.387. The number of hydrogen-bond acceptors (Lipinski definition) is 5. The van der Waals surface area contributed by atoms with Crippen LogP contribution in [0.15, 0.2) is 23.1 Å². The van der Waals surface area contributed by atoms with Gasteiger partial charge in [0.2, 0.25) is 15.8 Å². The first-order chi connectivity index (χ1) is 8.80. The van der Waals surface area contributed by atoms with Crippen LogP contribution in [0.1, 0.15) is 0 Å². The molecule has 7 nitrogen and oxygen atoms in total. The molecular formula is C10H14FN3O4S. The van der Waals surface area contributed by atoms with Crippen LogP contribution in [0.25, 0.3) is 0 Å². The molecule has 0 unspecified atom stereocenters. The van der Waals surface area contributed by atoms with Gasteiger partial charge in [-0.2, -0.15) is 8.70 Å². The summed E-state index contributed by atoms with van der Waals surface area (Å²) < 4.78 is 38.5. The third-order valence-corrected chi connectivity index (χ3v) is 4.35. The smallest absolute Gasteiger partial charge is 0.304 e. The van der Waals surface area contributed by atoms with Gasteiger partial charge in [0.25, 0.3) is 0 Å². The number of sulfonamides is 1. The molecule has 0 amide bonds. The van der Waals surface area contributed by atoms with Gasteiger partial charge >= 0.3 is 5.69 Å². The van der Waals surface area contributed by atoms with Gasteiger partial charge in [-0.3, -0.25) is 10.1 Å². The third kappa shape index (κ3) is 3.46. The van der Waals surface area contributed by atoms with Gasteiger partial charge < -0.3 is 5.32 Å². The molecule has 0 atom stereocenters. The summed E-state index contributed by atoms with van der Waals surface area (Å²) in [7, 11) is -0.820. The van der Waals surface area contributed by atoms with Crippen LogP contribution in [0.4, 0.5) is 10.1 Å². The number of halogens is 1. The molecule has 9 heteroatoms. The van der Waals surface area contributed by atoms with Gasteiger partial charge in [-0.25, -0.2) is 8.42 Å². The molecule has 0 saturated carbocycles. The fraction of sp³-hybridized carbons (Fsp3) is 0.400. The second-order valence-electron chi connectivity index (χ2n) is 3.80. The van der Waals surface area contributed by atoms with Crippen LogP contribution in [0.5, 0.6) is 0 Å². The quantitative estimate of drug-likeness (QED) is 0.611. The number of likely N-dealkylation sites (N-methyl/N-ethyl adjacent to an activating group) is 2. The molecule has 0 spiro atoms. The summed E-state index contributed by atoms with van der Waals surface area (Å²) in [6, 6.07) is 2.52. The molecule has 106 valence electrons. The van der Waals surface area contributed by atoms with Crippen molar-refractivity contribution in [2.45, 2.75) is 4.90 Å². The van der Waals surface area contributed by atoms with Crippen molar-refractivity contribution >= 4 is 15.7 Å². The van der Waals surface area contributed by atoms with Crippen molar-refractivity contribution in [2.24, 2.45) is 0 Å². The van der Waals surface area contributed by atoms with Crippen molar-refractivity contribution in [3.05, 3.63) is 34.1 Å². The summed E-state index contributed by atoms with van der Waals surface area (Å²) in [6.45, 7) is 0.642. The van der Waals surface area contributed by atoms with E-state index in [4.69, 9.17) is 0 Å². The Labute approximate surface area is 110 Å². The zero-order valence-corrected chi connectivity index (χ0v) is 11.3. The van der Waals surface area contributed by atoms with Gasteiger partial charge in [0.05, 0.1) is 9.82 Å². The molecule has 0 saturated heterocycles. The monoisotopic (exact) mass is 291 g/mol. The fourth-order valence-corrected chi connectivity index (χ4v) is 2.55. The lowest BCUT2D eigenvalue weighted by Crippen LogP contribution is -2.32. The van der Waals surface area contributed by atoms with Gasteiger partial charge in [0.15, 0.2) is 0 Å². The average Bonchev–Trinajstić information content (AvgIpc) is 2.35. The van der Waals surface area contributed by atoms with E-state index in [0.717, 1.165) is 16.4 Å². The van der Waals surface area contributed by atoms with E-state index in [1.54, 1.807) is 7.05 Å². The molecule has 0 radical (unpaired) electrons. The lowest BCUT2D eigenvalue weighted by atomic mass is 10.3. The van der Waals surface area contributed by atoms with Crippen molar-refractivity contribution in [2.75, 3.05) is 27.2 Å². The number of rotatable bonds is 6. The Balaban J connectivity index is 3.09. The minimum atomic E-state index is -3.85. The predicted octanol–water partition coefficient (Wildman–Crippen LogP) is 0.574. The van der Waals surface area contributed by atoms with Crippen LogP contribution in [0, 0.1) is 15.9 Å². The van der Waals surface area contributed by atoms with E-state index < -0.39 is 26.5 Å². The first-order valence-corrected chi connectivity index (χ1v) is 6.79. The number of benzene rings is 1. The molecule has 1 aromatic rings. The Morgan fingerprint density at radius 2 is 2.11 bits per heavy atom. The van der Waals surface area contributed by atoms with E-state index in [9.17, 15) is 22.9 Å². The Morgan fingerprint density at radius 3 is 2.58 bits per heavy atom. The summed E-state index contributed by atoms with van der Waals surface area (Å²) in [5.74, 6) is -1.17. The van der Waals surface area contributed by atoms with Crippen molar-refractivity contribution in [3.63, 3.8) is 0 Å². The van der Waals surface area contributed by atoms with Crippen LogP contribution < -0.4 is 5.32 Å². The normalized spacial score (nSPS) is 11.8. The predicted molar refractivity (Wildman–Crippen MR) is 66.8 cm³/mol. The number of nitrogens with zero attached hydrogens (tertiary/aromatic N) is 2. The van der Waals surface area contributed by atoms with Gasteiger partial charge in [-0.1, -0.05) is 0 Å². The number of nitrogens with one attached hydrogen (secondary N) is 1. The van der Waals surface area contributed by atoms with Crippen molar-refractivity contribution in [3.8, 4) is 0 Å². The van der Waals surface area contributed by atoms with E-state index in [0.29, 0.717) is 12.6 Å². The summed E-state index contributed by atoms with van der Waals surface area (Å²) >= 11 is 0. The van der Waals surface area contributed by atoms with Gasteiger partial charge in [0, 0.05) is 32.3 Å². The maximum Gasteiger partial charge on any atom is 0.304 e. The zero-order chi connectivity index (χ0) is 14.6. The summed E-state index contributed by atoms with van der Waals surface area (Å²) in [6.07, 6.45) is 0. The summed E-state index contributed by atoms with van der Waals surface area (Å²) in [5.41, 5.74) is -0.753. The van der Waals surface area contributed by atoms with Gasteiger partial charge in [-0.15, -0.1) is 0 Å². The topological polar surface area (TPSA) is 92.6 Å². The molecule has 0 aliphatic heterocycles. The average molecular weight is 291 g/mol. The Kier molecular flexibility index (Phi) is 4.92. The maximum atomic E-state index is 13.4. The second kappa shape index (κ2) is 6.04. The van der Waals surface area contributed by atoms with Crippen molar-refractivity contribution in [1.29, 1.82) is 0 Å². The van der Waals surface area contributed by atoms with E-state index in [2.05, 4.69) is 5.32 Å². The molecule has 0 bridgehead atoms. The van der Waals surface area contributed by atoms with E-state index in [-0.39, 0.29) is 11.4 Å². The van der Waals surface area contributed by atoms with Gasteiger partial charge in [0.1, 0.15) is 0 Å². The molecule has 0 fully saturated rings. The number of hydrogen-bond donors (Lipinski definition) is 1. The van der Waals surface area contributed by atoms with E-state index >= 15 is 0 Å². The largest absolute Gasteiger partial charge is 0.318 e. The zero-order valence-electron chi connectivity index (χ0n) is 10.5. The van der Waals surface area contributed by atoms with E-state index in [1.165, 1.54) is 7.05 Å². The molecular weight excluding hydrogens is 277 g/mol. The summed E-state index contributed by atoms with van der Waals surface area (Å²) in [5, 5.41) is 13.2. The van der Waals surface area contributed by atoms with E-state index in [1.807, 2.05) is 0 Å². The third-order valence-electron chi connectivity index (χ3n) is 2.50. The number of nitro groups is 1. The molecule has 0 aliphatic rings. The highest BCUT2D eigenvalue weighted by Crippen LogP contribution is 2.22. The highest BCUT2D eigenvalue weighted by atomic mass is 32.2. The van der Waals surface area contributed by atoms with Gasteiger partial charge in [-0.05, 0) is 13.1 Å². The fourth-order valence-electron chi connectivity index (χ4n) is 1.37. The maximum absolute atomic E-state index is 13.4. The molecule has 0 heterocycles. The Morgan fingerprint density at radius 1 is 1.47 bits per heavy atom. The molecule has 0 aliphatic carbocycles. The van der Waals surface area contributed by atoms with Crippen molar-refractivity contribution < 1.29 is 17.7 Å². The first-order valence-electron chi connectivity index (χ1n) is 5.35. The lowest BCUT2D eigenvalue weighted by Gasteiger charge is -2.16. The van der Waals surface area contributed by atoms with Crippen LogP contribution >= 0.6 is 0 Å². The van der Waals surface area contributed by atoms with Crippen molar-refractivity contribution in [1.82, 2.24) is 9.62 Å². The molecule has 19 heavy (non-hydrogen) atoms. The molecule has 1 rings (SSSR count). The van der Waals surface area contributed by atoms with Crippen LogP contribution in [0.2, 0.25) is 0 Å². The Hall–Kier alpha value is -1.58. The Bertz CT molecular complexity index is 576. The van der Waals surface area contributed by atoms with Crippen LogP contribution in [0.3, 0.4) is 0 Å². The molecule has 1 aromatic carbocycles. The minimum Gasteiger partial charge on any atom is -0.318 e. The standard InChI is InChI=1S/C10H14FN3O4S/c1-12-5-6-13(2)19(17,18)8-3-4-10(14(15)16)9(11)7-8/h3-4,7,12H,5-6H2,1-2H3. The summed E-state index contributed by atoms with van der Waals surface area (Å²) in [4.78, 5) is 9.24. The second-order valence-corrected chi connectivity index (χ2v) is 5.85. The minimum absolute atomic E-state index is 0.206. The SMILES string of the molecule is CNCCN(C)S(=O)(=O)c1ccc([N+](=O)[O-])c(F)c1. The number of nitro benzene ring substituents is 1. The van der Waals surface area contributed by atoms with Crippen LogP contribution in [-0.2, 0) is 10.0 Å². The first kappa shape index (κ1) is 15.5.